The Balaban J connectivity index is 1.88. The molecular formula is C19H18FN3O2S. The van der Waals surface area contributed by atoms with E-state index in [1.54, 1.807) is 17.9 Å². The molecule has 7 heteroatoms. The number of benzene rings is 1. The number of carbonyl (C=O) groups is 2. The number of nitriles is 1. The van der Waals surface area contributed by atoms with E-state index >= 15 is 0 Å². The summed E-state index contributed by atoms with van der Waals surface area (Å²) in [5.74, 6) is -1.39. The molecule has 26 heavy (non-hydrogen) atoms. The van der Waals surface area contributed by atoms with Crippen molar-refractivity contribution in [3.05, 3.63) is 51.7 Å². The highest BCUT2D eigenvalue weighted by Crippen LogP contribution is 2.34. The van der Waals surface area contributed by atoms with Gasteiger partial charge in [-0.25, -0.2) is 4.39 Å². The van der Waals surface area contributed by atoms with Crippen LogP contribution >= 0.6 is 11.3 Å². The van der Waals surface area contributed by atoms with Crippen molar-refractivity contribution in [1.29, 1.82) is 5.26 Å². The largest absolute Gasteiger partial charge is 0.338 e. The second kappa shape index (κ2) is 7.67. The fraction of sp³-hybridized carbons (Fsp3) is 0.316. The molecule has 0 aliphatic carbocycles. The molecule has 5 nitrogen and oxygen atoms in total. The van der Waals surface area contributed by atoms with E-state index in [2.05, 4.69) is 5.32 Å². The van der Waals surface area contributed by atoms with Crippen LogP contribution < -0.4 is 5.32 Å². The smallest absolute Gasteiger partial charge is 0.264 e. The third-order valence-electron chi connectivity index (χ3n) is 4.44. The van der Waals surface area contributed by atoms with E-state index in [0.717, 1.165) is 30.6 Å². The summed E-state index contributed by atoms with van der Waals surface area (Å²) in [6.07, 6.45) is 3.05. The predicted molar refractivity (Wildman–Crippen MR) is 97.9 cm³/mol. The van der Waals surface area contributed by atoms with Crippen molar-refractivity contribution >= 4 is 28.2 Å². The van der Waals surface area contributed by atoms with E-state index in [0.29, 0.717) is 23.5 Å². The lowest BCUT2D eigenvalue weighted by Crippen LogP contribution is -2.35. The first-order valence-electron chi connectivity index (χ1n) is 8.41. The van der Waals surface area contributed by atoms with Crippen molar-refractivity contribution in [2.24, 2.45) is 0 Å². The number of rotatable bonds is 3. The van der Waals surface area contributed by atoms with E-state index in [1.165, 1.54) is 18.2 Å². The summed E-state index contributed by atoms with van der Waals surface area (Å²) in [4.78, 5) is 27.3. The van der Waals surface area contributed by atoms with Crippen molar-refractivity contribution in [2.45, 2.75) is 26.2 Å². The second-order valence-corrected chi connectivity index (χ2v) is 7.18. The zero-order valence-electron chi connectivity index (χ0n) is 14.3. The molecule has 2 amide bonds. The number of carbonyl (C=O) groups excluding carboxylic acids is 2. The molecule has 1 aromatic heterocycles. The summed E-state index contributed by atoms with van der Waals surface area (Å²) in [6, 6.07) is 7.68. The van der Waals surface area contributed by atoms with Gasteiger partial charge in [0.2, 0.25) is 0 Å². The van der Waals surface area contributed by atoms with Gasteiger partial charge >= 0.3 is 0 Å². The Bertz CT molecular complexity index is 895. The quantitative estimate of drug-likeness (QED) is 0.888. The number of piperidine rings is 1. The molecule has 1 aliphatic rings. The molecule has 0 bridgehead atoms. The highest BCUT2D eigenvalue weighted by Gasteiger charge is 2.26. The maximum atomic E-state index is 13.8. The number of hydrogen-bond donors (Lipinski definition) is 1. The summed E-state index contributed by atoms with van der Waals surface area (Å²) in [5.41, 5.74) is 0.698. The molecule has 0 unspecified atom stereocenters. The summed E-state index contributed by atoms with van der Waals surface area (Å²) in [7, 11) is 0. The van der Waals surface area contributed by atoms with E-state index in [4.69, 9.17) is 0 Å². The second-order valence-electron chi connectivity index (χ2n) is 6.16. The number of amides is 2. The Hall–Kier alpha value is -2.72. The van der Waals surface area contributed by atoms with Crippen LogP contribution in [-0.2, 0) is 0 Å². The van der Waals surface area contributed by atoms with Crippen LogP contribution in [0, 0.1) is 24.1 Å². The minimum Gasteiger partial charge on any atom is -0.338 e. The SMILES string of the molecule is Cc1c(C(=O)N2CCCCC2)sc(NC(=O)c2ccccc2F)c1C#N. The molecular weight excluding hydrogens is 353 g/mol. The molecule has 0 saturated carbocycles. The van der Waals surface area contributed by atoms with Crippen molar-refractivity contribution in [3.63, 3.8) is 0 Å². The average molecular weight is 371 g/mol. The van der Waals surface area contributed by atoms with Gasteiger partial charge in [0, 0.05) is 13.1 Å². The van der Waals surface area contributed by atoms with Gasteiger partial charge in [-0.1, -0.05) is 12.1 Å². The number of nitrogens with one attached hydrogen (secondary N) is 1. The zero-order valence-corrected chi connectivity index (χ0v) is 15.2. The number of halogens is 1. The fourth-order valence-corrected chi connectivity index (χ4v) is 4.12. The van der Waals surface area contributed by atoms with Crippen LogP contribution in [0.1, 0.15) is 50.4 Å². The van der Waals surface area contributed by atoms with Gasteiger partial charge in [-0.2, -0.15) is 5.26 Å². The minimum atomic E-state index is -0.641. The van der Waals surface area contributed by atoms with Gasteiger partial charge in [0.15, 0.2) is 0 Å². The molecule has 0 radical (unpaired) electrons. The molecule has 1 aromatic carbocycles. The van der Waals surface area contributed by atoms with Crippen LogP contribution in [0.4, 0.5) is 9.39 Å². The Labute approximate surface area is 155 Å². The Morgan fingerprint density at radius 1 is 1.23 bits per heavy atom. The maximum Gasteiger partial charge on any atom is 0.264 e. The Kier molecular flexibility index (Phi) is 5.33. The monoisotopic (exact) mass is 371 g/mol. The zero-order chi connectivity index (χ0) is 18.7. The van der Waals surface area contributed by atoms with Gasteiger partial charge < -0.3 is 10.2 Å². The van der Waals surface area contributed by atoms with Gasteiger partial charge in [-0.05, 0) is 43.9 Å². The van der Waals surface area contributed by atoms with Crippen molar-refractivity contribution in [3.8, 4) is 6.07 Å². The molecule has 1 aliphatic heterocycles. The van der Waals surface area contributed by atoms with Gasteiger partial charge in [0.25, 0.3) is 11.8 Å². The fourth-order valence-electron chi connectivity index (χ4n) is 3.00. The molecule has 0 atom stereocenters. The molecule has 1 saturated heterocycles. The summed E-state index contributed by atoms with van der Waals surface area (Å²) in [6.45, 7) is 3.11. The van der Waals surface area contributed by atoms with Crippen molar-refractivity contribution < 1.29 is 14.0 Å². The third kappa shape index (κ3) is 3.46. The predicted octanol–water partition coefficient (Wildman–Crippen LogP) is 3.95. The maximum absolute atomic E-state index is 13.8. The van der Waals surface area contributed by atoms with Gasteiger partial charge in [0.05, 0.1) is 16.0 Å². The molecule has 0 spiro atoms. The van der Waals surface area contributed by atoms with E-state index in [-0.39, 0.29) is 22.0 Å². The number of hydrogen-bond acceptors (Lipinski definition) is 4. The number of likely N-dealkylation sites (tertiary alicyclic amines) is 1. The molecule has 2 heterocycles. The summed E-state index contributed by atoms with van der Waals surface area (Å²) in [5, 5.41) is 12.3. The highest BCUT2D eigenvalue weighted by atomic mass is 32.1. The van der Waals surface area contributed by atoms with Crippen LogP contribution in [0.15, 0.2) is 24.3 Å². The highest BCUT2D eigenvalue weighted by molar-refractivity contribution is 7.18. The number of nitrogens with zero attached hydrogens (tertiary/aromatic N) is 2. The minimum absolute atomic E-state index is 0.105. The van der Waals surface area contributed by atoms with Crippen LogP contribution in [0.5, 0.6) is 0 Å². The first-order chi connectivity index (χ1) is 12.5. The van der Waals surface area contributed by atoms with E-state index in [1.807, 2.05) is 6.07 Å². The normalized spacial score (nSPS) is 14.0. The van der Waals surface area contributed by atoms with Gasteiger partial charge in [-0.3, -0.25) is 9.59 Å². The third-order valence-corrected chi connectivity index (χ3v) is 5.64. The molecule has 1 fully saturated rings. The van der Waals surface area contributed by atoms with Crippen molar-refractivity contribution in [1.82, 2.24) is 4.90 Å². The summed E-state index contributed by atoms with van der Waals surface area (Å²) < 4.78 is 13.8. The Morgan fingerprint density at radius 3 is 2.58 bits per heavy atom. The first-order valence-corrected chi connectivity index (χ1v) is 9.23. The number of thiophene rings is 1. The lowest BCUT2D eigenvalue weighted by Gasteiger charge is -2.26. The van der Waals surface area contributed by atoms with Crippen molar-refractivity contribution in [2.75, 3.05) is 18.4 Å². The lowest BCUT2D eigenvalue weighted by molar-refractivity contribution is 0.0728. The molecule has 134 valence electrons. The summed E-state index contributed by atoms with van der Waals surface area (Å²) >= 11 is 1.07. The Morgan fingerprint density at radius 2 is 1.92 bits per heavy atom. The average Bonchev–Trinajstić information content (AvgIpc) is 2.97. The van der Waals surface area contributed by atoms with Gasteiger partial charge in [-0.15, -0.1) is 11.3 Å². The molecule has 1 N–H and O–H groups in total. The molecule has 2 aromatic rings. The first kappa shape index (κ1) is 18.1. The lowest BCUT2D eigenvalue weighted by atomic mass is 10.1. The van der Waals surface area contributed by atoms with E-state index in [9.17, 15) is 19.2 Å². The van der Waals surface area contributed by atoms with Crippen LogP contribution in [0.2, 0.25) is 0 Å². The van der Waals surface area contributed by atoms with Crippen LogP contribution in [-0.4, -0.2) is 29.8 Å². The van der Waals surface area contributed by atoms with E-state index < -0.39 is 11.7 Å². The van der Waals surface area contributed by atoms with Crippen LogP contribution in [0.3, 0.4) is 0 Å². The number of anilines is 1. The van der Waals surface area contributed by atoms with Crippen LogP contribution in [0.25, 0.3) is 0 Å². The topological polar surface area (TPSA) is 73.2 Å². The van der Waals surface area contributed by atoms with Gasteiger partial charge in [0.1, 0.15) is 16.9 Å². The molecule has 3 rings (SSSR count). The standard InChI is InChI=1S/C19H18FN3O2S/c1-12-14(11-21)18(22-17(24)13-7-3-4-8-15(13)20)26-16(12)19(25)23-9-5-2-6-10-23/h3-4,7-8H,2,5-6,9-10H2,1H3,(H,22,24).